The average Bonchev–Trinajstić information content (AvgIpc) is 3.21. The molecule has 1 aliphatic rings. The number of esters is 1. The summed E-state index contributed by atoms with van der Waals surface area (Å²) in [5.74, 6) is 1.28. The molecule has 8 nitrogen and oxygen atoms in total. The summed E-state index contributed by atoms with van der Waals surface area (Å²) in [5, 5.41) is 0. The first-order valence-electron chi connectivity index (χ1n) is 12.3. The van der Waals surface area contributed by atoms with Gasteiger partial charge in [0, 0.05) is 0 Å². The Balaban J connectivity index is 1.88. The number of nitrogens with zero attached hydrogens (tertiary/aromatic N) is 2. The van der Waals surface area contributed by atoms with E-state index in [1.165, 1.54) is 11.3 Å². The number of ether oxygens (including phenoxy) is 4. The molecule has 1 aliphatic heterocycles. The number of hydrogen-bond acceptors (Lipinski definition) is 8. The molecule has 4 rings (SSSR count). The molecule has 0 spiro atoms. The van der Waals surface area contributed by atoms with Crippen LogP contribution in [-0.4, -0.2) is 37.5 Å². The van der Waals surface area contributed by atoms with Gasteiger partial charge in [0.25, 0.3) is 5.56 Å². The van der Waals surface area contributed by atoms with Crippen LogP contribution in [0.2, 0.25) is 0 Å². The molecule has 3 aromatic rings. The lowest BCUT2D eigenvalue weighted by molar-refractivity contribution is -0.139. The topological polar surface area (TPSA) is 88.4 Å². The van der Waals surface area contributed by atoms with Crippen LogP contribution in [0.5, 0.6) is 17.2 Å². The first-order valence-corrected chi connectivity index (χ1v) is 13.1. The molecule has 0 unspecified atom stereocenters. The van der Waals surface area contributed by atoms with Gasteiger partial charge in [0.05, 0.1) is 42.2 Å². The summed E-state index contributed by atoms with van der Waals surface area (Å²) in [7, 11) is 1.57. The van der Waals surface area contributed by atoms with E-state index in [9.17, 15) is 9.59 Å². The van der Waals surface area contributed by atoms with Crippen molar-refractivity contribution in [1.29, 1.82) is 0 Å². The number of thiazole rings is 1. The lowest BCUT2D eigenvalue weighted by atomic mass is 9.95. The smallest absolute Gasteiger partial charge is 0.338 e. The van der Waals surface area contributed by atoms with Gasteiger partial charge in [-0.3, -0.25) is 9.36 Å². The molecule has 0 saturated carbocycles. The Hall–Kier alpha value is -4.11. The molecule has 1 atom stereocenters. The van der Waals surface area contributed by atoms with E-state index < -0.39 is 12.0 Å². The van der Waals surface area contributed by atoms with Crippen molar-refractivity contribution in [2.45, 2.75) is 26.8 Å². The molecule has 0 N–H and O–H groups in total. The third-order valence-electron chi connectivity index (χ3n) is 5.85. The van der Waals surface area contributed by atoms with Crippen molar-refractivity contribution >= 4 is 23.4 Å². The summed E-state index contributed by atoms with van der Waals surface area (Å²) in [6.07, 6.45) is 3.45. The minimum atomic E-state index is -0.712. The highest BCUT2D eigenvalue weighted by atomic mass is 32.1. The summed E-state index contributed by atoms with van der Waals surface area (Å²) in [4.78, 5) is 32.0. The molecule has 198 valence electrons. The minimum absolute atomic E-state index is 0.208. The summed E-state index contributed by atoms with van der Waals surface area (Å²) in [6, 6.07) is 12.1. The Morgan fingerprint density at radius 2 is 1.95 bits per heavy atom. The monoisotopic (exact) mass is 534 g/mol. The molecule has 1 aromatic heterocycles. The van der Waals surface area contributed by atoms with Gasteiger partial charge in [-0.1, -0.05) is 42.2 Å². The fraction of sp³-hybridized carbons (Fsp3) is 0.276. The fourth-order valence-electron chi connectivity index (χ4n) is 4.22. The number of rotatable bonds is 10. The molecule has 0 saturated heterocycles. The molecule has 0 fully saturated rings. The van der Waals surface area contributed by atoms with Crippen molar-refractivity contribution in [3.8, 4) is 17.2 Å². The van der Waals surface area contributed by atoms with Crippen LogP contribution >= 0.6 is 11.3 Å². The number of allylic oxidation sites excluding steroid dienone is 1. The Labute approximate surface area is 224 Å². The highest BCUT2D eigenvalue weighted by Gasteiger charge is 2.33. The van der Waals surface area contributed by atoms with E-state index in [-0.39, 0.29) is 12.2 Å². The van der Waals surface area contributed by atoms with Crippen LogP contribution < -0.4 is 29.1 Å². The maximum Gasteiger partial charge on any atom is 0.338 e. The number of hydrogen-bond donors (Lipinski definition) is 0. The minimum Gasteiger partial charge on any atom is -0.497 e. The van der Waals surface area contributed by atoms with Gasteiger partial charge >= 0.3 is 5.97 Å². The first-order chi connectivity index (χ1) is 18.4. The normalized spacial score (nSPS) is 14.9. The standard InChI is InChI=1S/C29H30N2O6S/c1-6-14-37-22-13-12-19(15-23(22)35-7-2)16-24-27(32)31-26(20-10-9-11-21(17-20)34-5)25(28(33)36-8-3)18(4)30-29(31)38-24/h6,9-13,15-17,26H,1,7-8,14H2,2-5H3/b24-16-/t26-/m0/s1. The van der Waals surface area contributed by atoms with E-state index in [1.54, 1.807) is 43.7 Å². The molecule has 0 radical (unpaired) electrons. The van der Waals surface area contributed by atoms with Gasteiger partial charge in [-0.05, 0) is 62.2 Å². The molecule has 0 bridgehead atoms. The van der Waals surface area contributed by atoms with Crippen molar-refractivity contribution in [3.05, 3.63) is 97.2 Å². The Morgan fingerprint density at radius 3 is 2.66 bits per heavy atom. The quantitative estimate of drug-likeness (QED) is 0.291. The van der Waals surface area contributed by atoms with Gasteiger partial charge in [-0.15, -0.1) is 0 Å². The van der Waals surface area contributed by atoms with Crippen molar-refractivity contribution in [1.82, 2.24) is 4.57 Å². The summed E-state index contributed by atoms with van der Waals surface area (Å²) in [6.45, 7) is 10.1. The maximum absolute atomic E-state index is 13.8. The second-order valence-corrected chi connectivity index (χ2v) is 9.33. The predicted molar refractivity (Wildman–Crippen MR) is 147 cm³/mol. The van der Waals surface area contributed by atoms with Crippen molar-refractivity contribution in [2.75, 3.05) is 26.9 Å². The van der Waals surface area contributed by atoms with Gasteiger partial charge in [0.2, 0.25) is 0 Å². The van der Waals surface area contributed by atoms with Gasteiger partial charge in [-0.2, -0.15) is 0 Å². The fourth-order valence-corrected chi connectivity index (χ4v) is 5.27. The van der Waals surface area contributed by atoms with E-state index in [0.29, 0.717) is 51.1 Å². The molecular weight excluding hydrogens is 504 g/mol. The van der Waals surface area contributed by atoms with Crippen LogP contribution in [0.4, 0.5) is 0 Å². The zero-order valence-corrected chi connectivity index (χ0v) is 22.7. The van der Waals surface area contributed by atoms with Crippen molar-refractivity contribution in [2.24, 2.45) is 4.99 Å². The number of aromatic nitrogens is 1. The zero-order chi connectivity index (χ0) is 27.2. The number of carbonyl (C=O) groups excluding carboxylic acids is 1. The maximum atomic E-state index is 13.8. The molecule has 0 aliphatic carbocycles. The van der Waals surface area contributed by atoms with Crippen molar-refractivity contribution in [3.63, 3.8) is 0 Å². The largest absolute Gasteiger partial charge is 0.497 e. The zero-order valence-electron chi connectivity index (χ0n) is 21.9. The highest BCUT2D eigenvalue weighted by Crippen LogP contribution is 2.32. The number of methoxy groups -OCH3 is 1. The SMILES string of the molecule is C=CCOc1ccc(/C=c2\sc3n(c2=O)[C@@H](c2cccc(OC)c2)C(C(=O)OCC)=C(C)N=3)cc1OCC. The summed E-state index contributed by atoms with van der Waals surface area (Å²) >= 11 is 1.26. The summed E-state index contributed by atoms with van der Waals surface area (Å²) in [5.41, 5.74) is 2.05. The molecule has 2 aromatic carbocycles. The van der Waals surface area contributed by atoms with Crippen molar-refractivity contribution < 1.29 is 23.7 Å². The molecular formula is C29H30N2O6S. The lowest BCUT2D eigenvalue weighted by Gasteiger charge is -2.25. The van der Waals surface area contributed by atoms with E-state index >= 15 is 0 Å². The predicted octanol–water partition coefficient (Wildman–Crippen LogP) is 3.77. The second-order valence-electron chi connectivity index (χ2n) is 8.32. The van der Waals surface area contributed by atoms with Crippen LogP contribution in [0.1, 0.15) is 37.9 Å². The van der Waals surface area contributed by atoms with Crippen LogP contribution in [0, 0.1) is 0 Å². The third kappa shape index (κ3) is 5.43. The molecule has 38 heavy (non-hydrogen) atoms. The van der Waals surface area contributed by atoms with Crippen LogP contribution in [0.3, 0.4) is 0 Å². The van der Waals surface area contributed by atoms with E-state index in [4.69, 9.17) is 18.9 Å². The second kappa shape index (κ2) is 12.0. The highest BCUT2D eigenvalue weighted by molar-refractivity contribution is 7.07. The average molecular weight is 535 g/mol. The van der Waals surface area contributed by atoms with Crippen LogP contribution in [0.25, 0.3) is 6.08 Å². The first kappa shape index (κ1) is 26.9. The molecule has 2 heterocycles. The van der Waals surface area contributed by atoms with Gasteiger partial charge in [-0.25, -0.2) is 9.79 Å². The number of benzene rings is 2. The van der Waals surface area contributed by atoms with E-state index in [0.717, 1.165) is 11.1 Å². The van der Waals surface area contributed by atoms with Crippen LogP contribution in [0.15, 0.2) is 76.2 Å². The van der Waals surface area contributed by atoms with E-state index in [1.807, 2.05) is 43.3 Å². The van der Waals surface area contributed by atoms with Gasteiger partial charge in [0.1, 0.15) is 12.4 Å². The van der Waals surface area contributed by atoms with Gasteiger partial charge < -0.3 is 18.9 Å². The Bertz CT molecular complexity index is 1570. The molecule has 0 amide bonds. The lowest BCUT2D eigenvalue weighted by Crippen LogP contribution is -2.39. The Morgan fingerprint density at radius 1 is 1.13 bits per heavy atom. The van der Waals surface area contributed by atoms with E-state index in [2.05, 4.69) is 11.6 Å². The third-order valence-corrected chi connectivity index (χ3v) is 6.83. The number of carbonyl (C=O) groups is 1. The summed E-state index contributed by atoms with van der Waals surface area (Å²) < 4.78 is 24.2. The Kier molecular flexibility index (Phi) is 8.48. The van der Waals surface area contributed by atoms with Crippen LogP contribution in [-0.2, 0) is 9.53 Å². The number of fused-ring (bicyclic) bond motifs is 1. The molecule has 9 heteroatoms. The van der Waals surface area contributed by atoms with Gasteiger partial charge in [0.15, 0.2) is 16.3 Å².